The number of hydrogen-bond donors (Lipinski definition) is 6. The molecule has 0 saturated heterocycles. The third kappa shape index (κ3) is 8.08. The molecule has 0 aromatic rings. The van der Waals surface area contributed by atoms with Crippen LogP contribution in [0.15, 0.2) is 23.0 Å². The number of unbranched alkanes of at least 4 members (excludes halogenated alkanes) is 1. The predicted molar refractivity (Wildman–Crippen MR) is 125 cm³/mol. The van der Waals surface area contributed by atoms with Crippen LogP contribution in [0, 0.1) is 0 Å². The molecule has 1 aliphatic carbocycles. The lowest BCUT2D eigenvalue weighted by Gasteiger charge is -2.28. The van der Waals surface area contributed by atoms with Crippen LogP contribution < -0.4 is 16.4 Å². The summed E-state index contributed by atoms with van der Waals surface area (Å²) in [6, 6.07) is -2.45. The van der Waals surface area contributed by atoms with Crippen LogP contribution in [-0.2, 0) is 28.7 Å². The van der Waals surface area contributed by atoms with Gasteiger partial charge in [0.2, 0.25) is 11.8 Å². The molecular formula is C22H31N3O9S. The molecule has 13 heteroatoms. The van der Waals surface area contributed by atoms with E-state index in [2.05, 4.69) is 10.6 Å². The number of carboxylic acid groups (broad SMARTS) is 2. The number of carboxylic acids is 2. The van der Waals surface area contributed by atoms with Crippen molar-refractivity contribution in [2.45, 2.75) is 68.9 Å². The highest BCUT2D eigenvalue weighted by Crippen LogP contribution is 2.42. The lowest BCUT2D eigenvalue weighted by Crippen LogP contribution is -2.50. The zero-order chi connectivity index (χ0) is 26.1. The molecule has 12 nitrogen and oxygen atoms in total. The molecule has 0 aromatic heterocycles. The van der Waals surface area contributed by atoms with Crippen molar-refractivity contribution in [3.63, 3.8) is 0 Å². The van der Waals surface area contributed by atoms with Crippen LogP contribution in [0.25, 0.3) is 0 Å². The fourth-order valence-electron chi connectivity index (χ4n) is 3.63. The van der Waals surface area contributed by atoms with E-state index in [0.29, 0.717) is 24.2 Å². The van der Waals surface area contributed by atoms with Gasteiger partial charge in [-0.3, -0.25) is 19.2 Å². The van der Waals surface area contributed by atoms with Gasteiger partial charge in [-0.15, -0.1) is 11.8 Å². The molecular weight excluding hydrogens is 482 g/mol. The number of aliphatic carboxylic acids is 2. The molecule has 0 aromatic carbocycles. The Hall–Kier alpha value is -2.90. The van der Waals surface area contributed by atoms with Crippen molar-refractivity contribution in [3.05, 3.63) is 23.0 Å². The molecule has 35 heavy (non-hydrogen) atoms. The molecule has 2 aliphatic rings. The van der Waals surface area contributed by atoms with Crippen molar-refractivity contribution in [2.24, 2.45) is 5.73 Å². The largest absolute Gasteiger partial charge is 0.480 e. The number of carbonyl (C=O) groups is 5. The maximum Gasteiger partial charge on any atom is 0.341 e. The van der Waals surface area contributed by atoms with Gasteiger partial charge in [-0.05, 0) is 31.8 Å². The van der Waals surface area contributed by atoms with Crippen LogP contribution >= 0.6 is 11.8 Å². The second kappa shape index (κ2) is 13.3. The van der Waals surface area contributed by atoms with E-state index in [-0.39, 0.29) is 18.6 Å². The Kier molecular flexibility index (Phi) is 10.7. The minimum absolute atomic E-state index is 0.0814. The smallest absolute Gasteiger partial charge is 0.341 e. The number of cyclic esters (lactones) is 1. The molecule has 0 unspecified atom stereocenters. The average molecular weight is 514 g/mol. The summed E-state index contributed by atoms with van der Waals surface area (Å²) in [5.41, 5.74) is 6.46. The van der Waals surface area contributed by atoms with Gasteiger partial charge >= 0.3 is 17.9 Å². The first-order valence-electron chi connectivity index (χ1n) is 11.3. The second-order valence-corrected chi connectivity index (χ2v) is 9.39. The van der Waals surface area contributed by atoms with E-state index in [1.54, 1.807) is 0 Å². The van der Waals surface area contributed by atoms with Crippen LogP contribution in [0.4, 0.5) is 0 Å². The molecule has 2 amide bonds. The Morgan fingerprint density at radius 1 is 1.29 bits per heavy atom. The normalized spacial score (nSPS) is 22.3. The number of nitrogens with two attached hydrogens (primary N) is 1. The number of allylic oxidation sites excluding steroid dienone is 2. The zero-order valence-corrected chi connectivity index (χ0v) is 20.1. The Bertz CT molecular complexity index is 918. The number of aliphatic hydroxyl groups is 1. The van der Waals surface area contributed by atoms with Crippen molar-refractivity contribution in [3.8, 4) is 0 Å². The van der Waals surface area contributed by atoms with Crippen LogP contribution in [0.2, 0.25) is 0 Å². The van der Waals surface area contributed by atoms with Crippen molar-refractivity contribution < 1.29 is 44.0 Å². The molecule has 0 fully saturated rings. The van der Waals surface area contributed by atoms with Crippen molar-refractivity contribution >= 4 is 41.5 Å². The van der Waals surface area contributed by atoms with Gasteiger partial charge in [-0.25, -0.2) is 4.79 Å². The van der Waals surface area contributed by atoms with E-state index in [0.717, 1.165) is 30.2 Å². The van der Waals surface area contributed by atoms with E-state index >= 15 is 0 Å². The fourth-order valence-corrected chi connectivity index (χ4v) is 5.03. The minimum atomic E-state index is -1.28. The maximum atomic E-state index is 12.6. The Morgan fingerprint density at radius 3 is 2.63 bits per heavy atom. The molecule has 0 spiro atoms. The summed E-state index contributed by atoms with van der Waals surface area (Å²) in [6.07, 6.45) is 2.98. The predicted octanol–water partition coefficient (Wildman–Crippen LogP) is -0.342. The Morgan fingerprint density at radius 2 is 2.00 bits per heavy atom. The van der Waals surface area contributed by atoms with Crippen LogP contribution in [0.1, 0.15) is 45.4 Å². The first-order valence-corrected chi connectivity index (χ1v) is 12.3. The molecule has 1 heterocycles. The summed E-state index contributed by atoms with van der Waals surface area (Å²) in [6.45, 7) is 1.32. The van der Waals surface area contributed by atoms with Gasteiger partial charge in [0, 0.05) is 17.7 Å². The van der Waals surface area contributed by atoms with Crippen LogP contribution in [0.5, 0.6) is 0 Å². The van der Waals surface area contributed by atoms with Crippen molar-refractivity contribution in [2.75, 3.05) is 12.3 Å². The van der Waals surface area contributed by atoms with Gasteiger partial charge in [-0.2, -0.15) is 0 Å². The number of carbonyl (C=O) groups excluding carboxylic acids is 3. The third-order valence-corrected chi connectivity index (χ3v) is 6.93. The Balaban J connectivity index is 2.14. The number of amides is 2. The highest BCUT2D eigenvalue weighted by molar-refractivity contribution is 8.00. The van der Waals surface area contributed by atoms with Gasteiger partial charge in [-0.1, -0.05) is 13.3 Å². The summed E-state index contributed by atoms with van der Waals surface area (Å²) in [5.74, 6) is -4.11. The van der Waals surface area contributed by atoms with Crippen LogP contribution in [0.3, 0.4) is 0 Å². The summed E-state index contributed by atoms with van der Waals surface area (Å²) >= 11 is 1.08. The lowest BCUT2D eigenvalue weighted by atomic mass is 9.89. The first kappa shape index (κ1) is 28.3. The summed E-state index contributed by atoms with van der Waals surface area (Å²) in [7, 11) is 0. The van der Waals surface area contributed by atoms with Gasteiger partial charge in [0.1, 0.15) is 24.4 Å². The number of hydrogen-bond acceptors (Lipinski definition) is 9. The minimum Gasteiger partial charge on any atom is -0.480 e. The molecule has 0 bridgehead atoms. The summed E-state index contributed by atoms with van der Waals surface area (Å²) in [4.78, 5) is 59.1. The topological polar surface area (TPSA) is 205 Å². The second-order valence-electron chi connectivity index (χ2n) is 8.21. The van der Waals surface area contributed by atoms with Crippen molar-refractivity contribution in [1.29, 1.82) is 0 Å². The summed E-state index contributed by atoms with van der Waals surface area (Å²) < 4.78 is 5.40. The summed E-state index contributed by atoms with van der Waals surface area (Å²) in [5, 5.41) is 32.2. The quantitative estimate of drug-likeness (QED) is 0.176. The fraction of sp³-hybridized carbons (Fsp3) is 0.591. The molecule has 7 N–H and O–H groups in total. The Labute approximate surface area is 206 Å². The highest BCUT2D eigenvalue weighted by Gasteiger charge is 2.42. The monoisotopic (exact) mass is 513 g/mol. The standard InChI is InChI=1S/C22H31N3O9S/c1-2-3-4-15-11-5-7-14(26)19(18(11)22(33)34-15)35-10-13(20(30)24-9-17(28)29)25-16(27)8-6-12(23)21(31)32/h4,12-14,19,26H,2-3,5-10,23H2,1H3,(H,24,30)(H,25,27)(H,28,29)(H,31,32)/b15-4+/t12-,13-,14+,19-/m0/s1. The van der Waals surface area contributed by atoms with Gasteiger partial charge < -0.3 is 36.4 Å². The van der Waals surface area contributed by atoms with Gasteiger partial charge in [0.05, 0.1) is 16.9 Å². The van der Waals surface area contributed by atoms with E-state index in [1.807, 2.05) is 13.0 Å². The molecule has 194 valence electrons. The molecule has 1 aliphatic heterocycles. The van der Waals surface area contributed by atoms with Gasteiger partial charge in [0.25, 0.3) is 0 Å². The number of ether oxygens (including phenoxy) is 1. The van der Waals surface area contributed by atoms with E-state index in [1.165, 1.54) is 0 Å². The number of esters is 1. The number of aliphatic hydroxyl groups excluding tert-OH is 1. The van der Waals surface area contributed by atoms with E-state index < -0.39 is 59.7 Å². The average Bonchev–Trinajstić information content (AvgIpc) is 3.13. The molecule has 0 saturated carbocycles. The highest BCUT2D eigenvalue weighted by atomic mass is 32.2. The molecule has 0 radical (unpaired) electrons. The van der Waals surface area contributed by atoms with E-state index in [4.69, 9.17) is 20.7 Å². The number of thioether (sulfide) groups is 1. The molecule has 4 atom stereocenters. The van der Waals surface area contributed by atoms with Gasteiger partial charge in [0.15, 0.2) is 0 Å². The lowest BCUT2D eigenvalue weighted by molar-refractivity contribution is -0.139. The van der Waals surface area contributed by atoms with Crippen molar-refractivity contribution in [1.82, 2.24) is 10.6 Å². The molecule has 2 rings (SSSR count). The third-order valence-electron chi connectivity index (χ3n) is 5.50. The number of rotatable bonds is 13. The van der Waals surface area contributed by atoms with Crippen LogP contribution in [-0.4, -0.2) is 80.8 Å². The maximum absolute atomic E-state index is 12.6. The first-order chi connectivity index (χ1) is 16.5. The van der Waals surface area contributed by atoms with E-state index in [9.17, 15) is 29.1 Å². The SMILES string of the molecule is CCC/C=C1/OC(=O)C2=C1CC[C@@H](O)[C@@H]2SC[C@H](NC(=O)CC[C@H](N)C(=O)O)C(=O)NCC(=O)O. The zero-order valence-electron chi connectivity index (χ0n) is 19.3. The number of nitrogens with one attached hydrogen (secondary N) is 2.